The van der Waals surface area contributed by atoms with Gasteiger partial charge in [0.1, 0.15) is 11.5 Å². The molecule has 2 aromatic carbocycles. The lowest BCUT2D eigenvalue weighted by Crippen LogP contribution is -2.24. The van der Waals surface area contributed by atoms with Gasteiger partial charge in [0.15, 0.2) is 0 Å². The number of carbonyl (C=O) groups is 1. The molecule has 34 heavy (non-hydrogen) atoms. The minimum atomic E-state index is -0.330. The minimum absolute atomic E-state index is 0. The summed E-state index contributed by atoms with van der Waals surface area (Å²) in [6.07, 6.45) is 5.55. The lowest BCUT2D eigenvalue weighted by atomic mass is 9.79. The van der Waals surface area contributed by atoms with E-state index in [1.165, 1.54) is 0 Å². The van der Waals surface area contributed by atoms with Gasteiger partial charge in [-0.2, -0.15) is 0 Å². The second-order valence-electron chi connectivity index (χ2n) is 8.51. The number of hydrogen-bond donors (Lipinski definition) is 2. The number of ether oxygens (including phenoxy) is 2. The van der Waals surface area contributed by atoms with E-state index >= 15 is 0 Å². The number of unbranched alkanes of at least 4 members (excludes halogenated alkanes) is 1. The molecule has 2 aliphatic rings. The van der Waals surface area contributed by atoms with Gasteiger partial charge >= 0.3 is 5.97 Å². The van der Waals surface area contributed by atoms with E-state index in [1.807, 2.05) is 42.5 Å². The molecule has 2 aromatic rings. The molecule has 0 spiro atoms. The van der Waals surface area contributed by atoms with Crippen molar-refractivity contribution < 1.29 is 14.3 Å². The zero-order valence-electron chi connectivity index (χ0n) is 20.1. The summed E-state index contributed by atoms with van der Waals surface area (Å²) in [6.45, 7) is 7.47. The number of hydrogen-bond acceptors (Lipinski definition) is 5. The van der Waals surface area contributed by atoms with Crippen LogP contribution in [-0.2, 0) is 4.74 Å². The van der Waals surface area contributed by atoms with E-state index < -0.39 is 0 Å². The Hall–Kier alpha value is -3.05. The van der Waals surface area contributed by atoms with Gasteiger partial charge in [-0.3, -0.25) is 0 Å². The topological polar surface area (TPSA) is 71.4 Å². The first-order valence-electron chi connectivity index (χ1n) is 11.9. The highest BCUT2D eigenvalue weighted by atomic mass is 35.5. The summed E-state index contributed by atoms with van der Waals surface area (Å²) in [5.74, 6) is 1.38. The molecule has 0 radical (unpaired) electrons. The average Bonchev–Trinajstić information content (AvgIpc) is 2.82. The van der Waals surface area contributed by atoms with E-state index in [0.717, 1.165) is 59.5 Å². The van der Waals surface area contributed by atoms with Gasteiger partial charge in [-0.1, -0.05) is 38.5 Å². The van der Waals surface area contributed by atoms with E-state index in [2.05, 4.69) is 32.2 Å². The Morgan fingerprint density at radius 1 is 1.12 bits per heavy atom. The Labute approximate surface area is 208 Å². The van der Waals surface area contributed by atoms with Gasteiger partial charge in [-0.25, -0.2) is 4.79 Å². The molecule has 1 unspecified atom stereocenters. The lowest BCUT2D eigenvalue weighted by molar-refractivity contribution is 0.0499. The molecule has 1 aliphatic heterocycles. The van der Waals surface area contributed by atoms with Crippen molar-refractivity contribution >= 4 is 35.3 Å². The minimum Gasteiger partial charge on any atom is -0.462 e. The van der Waals surface area contributed by atoms with Gasteiger partial charge in [0.05, 0.1) is 12.2 Å². The van der Waals surface area contributed by atoms with Crippen LogP contribution in [0.1, 0.15) is 67.9 Å². The summed E-state index contributed by atoms with van der Waals surface area (Å²) >= 11 is 0. The summed E-state index contributed by atoms with van der Waals surface area (Å²) in [5.41, 5.74) is 5.35. The molecule has 6 heteroatoms. The molecule has 0 fully saturated rings. The van der Waals surface area contributed by atoms with Crippen molar-refractivity contribution in [1.29, 1.82) is 5.41 Å². The highest BCUT2D eigenvalue weighted by molar-refractivity contribution is 6.14. The first kappa shape index (κ1) is 25.6. The van der Waals surface area contributed by atoms with Crippen molar-refractivity contribution in [3.63, 3.8) is 0 Å². The van der Waals surface area contributed by atoms with Crippen LogP contribution in [0, 0.1) is 11.3 Å². The molecule has 1 heterocycles. The van der Waals surface area contributed by atoms with Crippen LogP contribution in [0.2, 0.25) is 0 Å². The predicted octanol–water partition coefficient (Wildman–Crippen LogP) is 7.02. The monoisotopic (exact) mass is 480 g/mol. The third kappa shape index (κ3) is 5.05. The highest BCUT2D eigenvalue weighted by Crippen LogP contribution is 2.46. The van der Waals surface area contributed by atoms with Crippen LogP contribution in [0.15, 0.2) is 59.9 Å². The van der Waals surface area contributed by atoms with Gasteiger partial charge in [-0.15, -0.1) is 12.4 Å². The normalized spacial score (nSPS) is 16.5. The maximum Gasteiger partial charge on any atom is 0.338 e. The van der Waals surface area contributed by atoms with Crippen molar-refractivity contribution in [3.05, 3.63) is 76.6 Å². The first-order valence-corrected chi connectivity index (χ1v) is 11.9. The van der Waals surface area contributed by atoms with E-state index in [4.69, 9.17) is 14.9 Å². The number of benzene rings is 2. The fourth-order valence-electron chi connectivity index (χ4n) is 4.42. The summed E-state index contributed by atoms with van der Waals surface area (Å²) in [4.78, 5) is 13.0. The second-order valence-corrected chi connectivity index (χ2v) is 8.51. The summed E-state index contributed by atoms with van der Waals surface area (Å²) in [5, 5.41) is 12.2. The van der Waals surface area contributed by atoms with Crippen LogP contribution in [-0.4, -0.2) is 24.8 Å². The van der Waals surface area contributed by atoms with Crippen LogP contribution >= 0.6 is 12.4 Å². The molecule has 0 amide bonds. The molecule has 2 N–H and O–H groups in total. The number of halogens is 1. The number of carbonyl (C=O) groups excluding carboxylic acids is 1. The van der Waals surface area contributed by atoms with Gasteiger partial charge < -0.3 is 20.2 Å². The van der Waals surface area contributed by atoms with Crippen LogP contribution < -0.4 is 10.1 Å². The van der Waals surface area contributed by atoms with Crippen molar-refractivity contribution in [1.82, 2.24) is 0 Å². The molecular weight excluding hydrogens is 448 g/mol. The standard InChI is InChI=1S/C28H32N2O3.ClH/c1-4-7-14-32-28(31)21-11-9-8-10-20(21)26-22-13-12-19(30-6-3)17-24(22)33-25-16-18(5-2)15-23(29)27(25)26;/h8-13,16-18,29-30H,4-7,14-15H2,1-3H3;1H. The van der Waals surface area contributed by atoms with Gasteiger partial charge in [0, 0.05) is 40.7 Å². The Kier molecular flexibility index (Phi) is 8.56. The van der Waals surface area contributed by atoms with E-state index in [1.54, 1.807) is 0 Å². The van der Waals surface area contributed by atoms with Crippen molar-refractivity contribution in [3.8, 4) is 5.75 Å². The molecule has 1 atom stereocenters. The molecule has 0 bridgehead atoms. The Morgan fingerprint density at radius 2 is 1.91 bits per heavy atom. The number of allylic oxidation sites excluding steroid dienone is 2. The maximum absolute atomic E-state index is 13.0. The van der Waals surface area contributed by atoms with E-state index in [9.17, 15) is 4.79 Å². The molecule has 4 rings (SSSR count). The average molecular weight is 481 g/mol. The number of rotatable bonds is 8. The largest absolute Gasteiger partial charge is 0.462 e. The first-order chi connectivity index (χ1) is 16.1. The van der Waals surface area contributed by atoms with Crippen LogP contribution in [0.3, 0.4) is 0 Å². The molecule has 0 saturated carbocycles. The second kappa shape index (κ2) is 11.4. The fourth-order valence-corrected chi connectivity index (χ4v) is 4.42. The Balaban J connectivity index is 0.00000324. The van der Waals surface area contributed by atoms with E-state index in [-0.39, 0.29) is 24.3 Å². The highest BCUT2D eigenvalue weighted by Gasteiger charge is 2.34. The summed E-state index contributed by atoms with van der Waals surface area (Å²) in [7, 11) is 0. The Morgan fingerprint density at radius 3 is 2.65 bits per heavy atom. The maximum atomic E-state index is 13.0. The molecular formula is C28H33ClN2O3. The zero-order chi connectivity index (χ0) is 23.4. The SMILES string of the molecule is CCCCOC(=O)c1ccccc1C1=C2C(=N)CC(CC)C=C2Oc2cc(NCC)ccc21.Cl. The number of esters is 1. The predicted molar refractivity (Wildman–Crippen MR) is 140 cm³/mol. The van der Waals surface area contributed by atoms with Crippen LogP contribution in [0.4, 0.5) is 5.69 Å². The van der Waals surface area contributed by atoms with Gasteiger partial charge in [0.2, 0.25) is 0 Å². The van der Waals surface area contributed by atoms with Gasteiger partial charge in [-0.05, 0) is 61.9 Å². The number of nitrogens with one attached hydrogen (secondary N) is 2. The molecule has 5 nitrogen and oxygen atoms in total. The third-order valence-corrected chi connectivity index (χ3v) is 6.18. The number of fused-ring (bicyclic) bond motifs is 2. The fraction of sp³-hybridized carbons (Fsp3) is 0.357. The quantitative estimate of drug-likeness (QED) is 0.314. The lowest BCUT2D eigenvalue weighted by Gasteiger charge is -2.32. The molecule has 1 aliphatic carbocycles. The molecule has 0 saturated heterocycles. The molecule has 180 valence electrons. The van der Waals surface area contributed by atoms with Crippen molar-refractivity contribution in [2.24, 2.45) is 5.92 Å². The van der Waals surface area contributed by atoms with Crippen LogP contribution in [0.5, 0.6) is 5.75 Å². The molecule has 0 aromatic heterocycles. The number of anilines is 1. The summed E-state index contributed by atoms with van der Waals surface area (Å²) < 4.78 is 11.9. The third-order valence-electron chi connectivity index (χ3n) is 6.18. The summed E-state index contributed by atoms with van der Waals surface area (Å²) in [6, 6.07) is 13.6. The zero-order valence-corrected chi connectivity index (χ0v) is 20.9. The van der Waals surface area contributed by atoms with Crippen molar-refractivity contribution in [2.45, 2.75) is 46.5 Å². The van der Waals surface area contributed by atoms with Crippen molar-refractivity contribution in [2.75, 3.05) is 18.5 Å². The van der Waals surface area contributed by atoms with E-state index in [0.29, 0.717) is 30.1 Å². The van der Waals surface area contributed by atoms with Gasteiger partial charge in [0.25, 0.3) is 0 Å². The van der Waals surface area contributed by atoms with Crippen LogP contribution in [0.25, 0.3) is 5.57 Å². The smallest absolute Gasteiger partial charge is 0.338 e. The Bertz CT molecular complexity index is 1140.